The number of nitrogens with one attached hydrogen (secondary N) is 4. The molecule has 0 unspecified atom stereocenters. The molecule has 11 aromatic rings. The molecule has 7 aliphatic heterocycles. The van der Waals surface area contributed by atoms with Crippen LogP contribution in [0.3, 0.4) is 0 Å². The van der Waals surface area contributed by atoms with Crippen LogP contribution in [0, 0.1) is 30.1 Å². The largest absolute Gasteiger partial charge is 0.545 e. The molecule has 0 amide bonds. The summed E-state index contributed by atoms with van der Waals surface area (Å²) in [4.78, 5) is 61.6. The summed E-state index contributed by atoms with van der Waals surface area (Å²) in [6, 6.07) is 85.0. The third kappa shape index (κ3) is 16.9. The summed E-state index contributed by atoms with van der Waals surface area (Å²) in [7, 11) is 0. The molecule has 0 atom stereocenters. The Kier molecular flexibility index (Phi) is 23.9. The van der Waals surface area contributed by atoms with Crippen molar-refractivity contribution >= 4 is 108 Å². The minimum absolute atomic E-state index is 0.173. The Hall–Kier alpha value is -17.4. The predicted molar refractivity (Wildman–Crippen MR) is 523 cm³/mol. The summed E-state index contributed by atoms with van der Waals surface area (Å²) >= 11 is 0. The van der Waals surface area contributed by atoms with E-state index in [1.165, 1.54) is 28.9 Å². The van der Waals surface area contributed by atoms with Gasteiger partial charge in [0.1, 0.15) is 56.9 Å². The van der Waals surface area contributed by atoms with Crippen LogP contribution in [-0.4, -0.2) is 58.8 Å². The number of aromatic carboxylic acids is 4. The van der Waals surface area contributed by atoms with Gasteiger partial charge in [-0.25, -0.2) is 14.4 Å². The van der Waals surface area contributed by atoms with Gasteiger partial charge >= 0.3 is 17.9 Å². The highest BCUT2D eigenvalue weighted by atomic mass is 16.5. The van der Waals surface area contributed by atoms with Gasteiger partial charge in [0.05, 0.1) is 38.7 Å². The number of carboxylic acid groups (broad SMARTS) is 4. The molecular weight excluding hydrogens is 1680 g/mol. The number of carbonyl (C=O) groups is 4. The van der Waals surface area contributed by atoms with Crippen molar-refractivity contribution in [3.8, 4) is 101 Å². The van der Waals surface area contributed by atoms with E-state index in [0.717, 1.165) is 168 Å². The number of fused-ring (bicyclic) bond motifs is 11. The molecular formula is C112H89N8O14-. The molecule has 0 spiro atoms. The Bertz CT molecular complexity index is 8070. The number of benzene rings is 15. The van der Waals surface area contributed by atoms with Gasteiger partial charge in [-0.3, -0.25) is 4.79 Å². The highest BCUT2D eigenvalue weighted by Gasteiger charge is 2.33. The molecule has 0 radical (unpaired) electrons. The lowest BCUT2D eigenvalue weighted by Crippen LogP contribution is -2.34. The zero-order chi connectivity index (χ0) is 93.4. The van der Waals surface area contributed by atoms with E-state index in [1.54, 1.807) is 152 Å². The Morgan fingerprint density at radius 3 is 1.38 bits per heavy atom. The molecule has 13 N–H and O–H groups in total. The van der Waals surface area contributed by atoms with E-state index in [0.29, 0.717) is 106 Å². The number of carbonyl (C=O) groups excluding carboxylic acids is 1. The van der Waals surface area contributed by atoms with Crippen molar-refractivity contribution in [2.24, 2.45) is 0 Å². The van der Waals surface area contributed by atoms with Gasteiger partial charge in [-0.2, -0.15) is 0 Å². The van der Waals surface area contributed by atoms with Crippen LogP contribution in [0.5, 0.6) is 11.5 Å². The van der Waals surface area contributed by atoms with Crippen LogP contribution < -0.4 is 69.2 Å². The Labute approximate surface area is 767 Å². The number of hydrogen-bond donors (Lipinski definition) is 10. The number of rotatable bonds is 12. The predicted octanol–water partition coefficient (Wildman–Crippen LogP) is 20.8. The molecule has 0 saturated heterocycles. The number of nitrogens with zero attached hydrogens (tertiary/aromatic N) is 1. The fourth-order valence-electron chi connectivity index (χ4n) is 18.6. The van der Waals surface area contributed by atoms with E-state index in [9.17, 15) is 44.4 Å². The normalized spacial score (nSPS) is 12.4. The molecule has 0 fully saturated rings. The number of ether oxygens (including phenoxy) is 1. The smallest absolute Gasteiger partial charge is 0.336 e. The number of carboxylic acids is 4. The lowest BCUT2D eigenvalue weighted by atomic mass is 9.85. The highest BCUT2D eigenvalue weighted by molar-refractivity contribution is 6.12. The first-order valence-corrected chi connectivity index (χ1v) is 43.9. The maximum absolute atomic E-state index is 12.1. The van der Waals surface area contributed by atoms with E-state index in [1.807, 2.05) is 97.9 Å². The van der Waals surface area contributed by atoms with Crippen molar-refractivity contribution in [3.63, 3.8) is 0 Å². The Balaban J connectivity index is 0.000000113. The third-order valence-electron chi connectivity index (χ3n) is 24.4. The number of nitrogens with two attached hydrogens (primary N) is 3. The van der Waals surface area contributed by atoms with Crippen molar-refractivity contribution in [2.45, 2.75) is 59.8 Å². The van der Waals surface area contributed by atoms with Gasteiger partial charge in [-0.05, 0) is 230 Å². The van der Waals surface area contributed by atoms with Gasteiger partial charge in [0.25, 0.3) is 0 Å². The summed E-state index contributed by atoms with van der Waals surface area (Å²) in [6.07, 6.45) is 7.28. The number of nitrogen functional groups attached to an aromatic ring is 3. The van der Waals surface area contributed by atoms with Crippen molar-refractivity contribution in [1.29, 1.82) is 16.2 Å². The van der Waals surface area contributed by atoms with Crippen molar-refractivity contribution in [1.82, 2.24) is 0 Å². The first-order chi connectivity index (χ1) is 64.9. The molecule has 7 heterocycles. The first kappa shape index (κ1) is 87.3. The molecule has 22 heteroatoms. The van der Waals surface area contributed by atoms with E-state index < -0.39 is 23.9 Å². The molecule has 0 bridgehead atoms. The van der Waals surface area contributed by atoms with Crippen LogP contribution in [0.1, 0.15) is 108 Å². The van der Waals surface area contributed by atoms with Gasteiger partial charge in [-0.1, -0.05) is 122 Å². The van der Waals surface area contributed by atoms with Crippen LogP contribution in [0.2, 0.25) is 0 Å². The molecule has 0 saturated carbocycles. The maximum atomic E-state index is 12.1. The number of anilines is 5. The van der Waals surface area contributed by atoms with Gasteiger partial charge in [0, 0.05) is 190 Å². The van der Waals surface area contributed by atoms with Gasteiger partial charge in [0.2, 0.25) is 0 Å². The number of hydrogen-bond acceptors (Lipinski definition) is 19. The van der Waals surface area contributed by atoms with Crippen LogP contribution in [-0.2, 0) is 12.8 Å². The molecule has 662 valence electrons. The standard InChI is InChI=1S/C27H27NO3.C26H22N2O3.C20H14N2O3.C20H13NO4.C19H14N2O/c1-5-9-18-14-24-21(12-16(18)3)26(19-10-7-8-11-20(19)27(29)30)22-13-17(4)23(28-6-2)15-25(22)31-24;27-16-9-10-19-22(14-16)31-25-20-8-4-12-28-11-3-5-15(24(20)28)13-21(25)23(19)17-6-1-2-7-18(17)26(29)30;2*21-11-5-7-15-17(9-11)25-18-10-12(22)6-8-16(18)19(15)13-3-1-2-4-14(13)20(23)24;20-13-6-8-15-17(10-13)22-18-11-14(21)7-9-16(18)19(15)12-4-2-1-3-5-12/h7-15,28H,5-6H2,1-4H3,(H,29,30);1-2,6-7,9-10,13-14,27H,3-5,8,11-12H2,(H,29,30);1-10,21H,22H2,(H,23,24);1-10H,21H2,(H,23,24);1-11,20H,21H2/p-1/b18-9-;;;;. The van der Waals surface area contributed by atoms with Crippen LogP contribution in [0.25, 0.3) is 145 Å². The van der Waals surface area contributed by atoms with Crippen LogP contribution in [0.15, 0.2) is 308 Å². The zero-order valence-corrected chi connectivity index (χ0v) is 73.4. The molecule has 4 aliphatic carbocycles. The summed E-state index contributed by atoms with van der Waals surface area (Å²) in [5.74, 6) is -0.480. The number of aryl methyl sites for hydroxylation is 4. The fourth-order valence-corrected chi connectivity index (χ4v) is 18.6. The molecule has 11 aromatic carbocycles. The highest BCUT2D eigenvalue weighted by Crippen LogP contribution is 2.50. The minimum Gasteiger partial charge on any atom is -0.545 e. The Morgan fingerprint density at radius 1 is 0.433 bits per heavy atom. The average molecular weight is 1770 g/mol. The van der Waals surface area contributed by atoms with E-state index in [-0.39, 0.29) is 27.7 Å². The van der Waals surface area contributed by atoms with E-state index in [2.05, 4.69) is 67.4 Å². The van der Waals surface area contributed by atoms with Gasteiger partial charge in [-0.15, -0.1) is 0 Å². The molecule has 0 aromatic heterocycles. The fraction of sp³-hybridized carbons (Fsp3) is 0.107. The minimum atomic E-state index is -1.19. The third-order valence-corrected chi connectivity index (χ3v) is 24.4. The molecule has 22 nitrogen and oxygen atoms in total. The Morgan fingerprint density at radius 2 is 0.881 bits per heavy atom. The zero-order valence-electron chi connectivity index (χ0n) is 73.4. The lowest BCUT2D eigenvalue weighted by Gasteiger charge is -2.37. The maximum Gasteiger partial charge on any atom is 0.336 e. The van der Waals surface area contributed by atoms with Gasteiger partial charge in [0.15, 0.2) is 5.43 Å². The van der Waals surface area contributed by atoms with Crippen molar-refractivity contribution in [3.05, 3.63) is 377 Å². The molecule has 11 aliphatic rings. The van der Waals surface area contributed by atoms with Crippen LogP contribution >= 0.6 is 0 Å². The lowest BCUT2D eigenvalue weighted by molar-refractivity contribution is -0.255. The summed E-state index contributed by atoms with van der Waals surface area (Å²) in [5.41, 5.74) is 41.7. The second kappa shape index (κ2) is 36.6. The molecule has 22 rings (SSSR count). The average Bonchev–Trinajstić information content (AvgIpc) is 0.727. The second-order valence-corrected chi connectivity index (χ2v) is 33.1. The topological polar surface area (TPSA) is 396 Å². The summed E-state index contributed by atoms with van der Waals surface area (Å²) in [6.45, 7) is 11.2. The van der Waals surface area contributed by atoms with E-state index >= 15 is 0 Å². The first-order valence-electron chi connectivity index (χ1n) is 43.9. The van der Waals surface area contributed by atoms with Crippen LogP contribution in [0.4, 0.5) is 28.4 Å². The summed E-state index contributed by atoms with van der Waals surface area (Å²) in [5, 5.41) is 74.7. The second-order valence-electron chi connectivity index (χ2n) is 33.1. The van der Waals surface area contributed by atoms with Gasteiger partial charge < -0.3 is 91.3 Å². The van der Waals surface area contributed by atoms with Crippen molar-refractivity contribution < 1.29 is 62.0 Å². The SMILES string of the molecule is CC/C=c1/cc2c(cc1C)=C(c1ccccc1C(=O)[O-])c1cc(C)c(NCC)cc1O2.N=c1ccc2c(-c3ccccc3)c3ccc(N)cc3oc-2c1.N=c1ccc2c(-c3ccccc3C(=O)O)c3cc4c5c(c3oc-2c1)CCCN5CCC4.N=c1ccc2c(-c3ccccc3C(=O)O)c3ccc(N)cc3oc-2c1.Nc1ccc2c(-c3ccccc3C(=O)O)c3ccc(=O)cc-3oc2c1. The van der Waals surface area contributed by atoms with E-state index in [4.69, 9.17) is 55.8 Å². The summed E-state index contributed by atoms with van der Waals surface area (Å²) < 4.78 is 30.6. The molecule has 134 heavy (non-hydrogen) atoms. The monoisotopic (exact) mass is 1770 g/mol. The quantitative estimate of drug-likeness (QED) is 0.0401. The van der Waals surface area contributed by atoms with Crippen molar-refractivity contribution in [2.75, 3.05) is 47.1 Å².